The fourth-order valence-corrected chi connectivity index (χ4v) is 5.55. The first-order valence-electron chi connectivity index (χ1n) is 19.5. The van der Waals surface area contributed by atoms with Crippen molar-refractivity contribution in [3.05, 3.63) is 149 Å². The quantitative estimate of drug-likeness (QED) is 0.0370. The number of benzene rings is 5. The van der Waals surface area contributed by atoms with Gasteiger partial charge in [-0.25, -0.2) is 0 Å². The maximum atomic E-state index is 8.72. The lowest BCUT2D eigenvalue weighted by Crippen LogP contribution is -2.20. The number of nitrogen functional groups attached to an aromatic ring is 1. The number of nitriles is 5. The summed E-state index contributed by atoms with van der Waals surface area (Å²) in [6, 6.07) is 46.8. The SMILES string of the molecule is C=O.CN(CCI)c1cccc(C#N)c1.CN(CCO)c1cccc(C#N)c1.N#Cc1cccc(N)c1.N#Cc1cccc(NCCI)c1.N#Cc1cccc(NCCO)c1.OCCBr. The Morgan fingerprint density at radius 3 is 1.26 bits per heavy atom. The van der Waals surface area contributed by atoms with E-state index in [0.717, 1.165) is 50.3 Å². The molecule has 0 atom stereocenters. The molecule has 0 aromatic heterocycles. The summed E-state index contributed by atoms with van der Waals surface area (Å²) in [5, 5.41) is 74.8. The van der Waals surface area contributed by atoms with Crippen LogP contribution in [0.15, 0.2) is 121 Å². The van der Waals surface area contributed by atoms with Crippen molar-refractivity contribution in [2.24, 2.45) is 0 Å². The van der Waals surface area contributed by atoms with Gasteiger partial charge in [0.25, 0.3) is 0 Å². The van der Waals surface area contributed by atoms with Crippen LogP contribution in [0.25, 0.3) is 0 Å². The molecule has 0 fully saturated rings. The number of hydrogen-bond donors (Lipinski definition) is 6. The molecule has 0 radical (unpaired) electrons. The van der Waals surface area contributed by atoms with Crippen molar-refractivity contribution >= 4 is 96.3 Å². The third kappa shape index (κ3) is 30.7. The Morgan fingerprint density at radius 1 is 0.554 bits per heavy atom. The molecule has 0 saturated carbocycles. The number of hydrogen-bond acceptors (Lipinski definition) is 14. The van der Waals surface area contributed by atoms with Gasteiger partial charge in [-0.3, -0.25) is 0 Å². The third-order valence-corrected chi connectivity index (χ3v) is 9.01. The van der Waals surface area contributed by atoms with Crippen molar-refractivity contribution in [1.29, 1.82) is 26.3 Å². The van der Waals surface area contributed by atoms with Gasteiger partial charge in [-0.05, 0) is 91.0 Å². The van der Waals surface area contributed by atoms with E-state index in [9.17, 15) is 0 Å². The Bertz CT molecular complexity index is 2130. The van der Waals surface area contributed by atoms with Gasteiger partial charge in [0.2, 0.25) is 0 Å². The molecule has 342 valence electrons. The van der Waals surface area contributed by atoms with Gasteiger partial charge in [-0.2, -0.15) is 26.3 Å². The number of carbonyl (C=O) groups is 1. The molecule has 5 aromatic carbocycles. The first-order chi connectivity index (χ1) is 31.5. The molecule has 0 aliphatic rings. The van der Waals surface area contributed by atoms with Gasteiger partial charge in [0.05, 0.1) is 78.0 Å². The van der Waals surface area contributed by atoms with Crippen LogP contribution in [-0.4, -0.2) is 96.4 Å². The summed E-state index contributed by atoms with van der Waals surface area (Å²) in [7, 11) is 3.92. The molecule has 0 spiro atoms. The Hall–Kier alpha value is -5.96. The lowest BCUT2D eigenvalue weighted by molar-refractivity contribution is -0.0980. The van der Waals surface area contributed by atoms with Crippen molar-refractivity contribution in [3.63, 3.8) is 0 Å². The molecule has 0 heterocycles. The molecule has 17 heteroatoms. The monoisotopic (exact) mass is 1170 g/mol. The van der Waals surface area contributed by atoms with E-state index in [0.29, 0.717) is 46.4 Å². The van der Waals surface area contributed by atoms with Gasteiger partial charge in [0, 0.05) is 82.9 Å². The Morgan fingerprint density at radius 2 is 0.923 bits per heavy atom. The highest BCUT2D eigenvalue weighted by molar-refractivity contribution is 14.1. The van der Waals surface area contributed by atoms with Gasteiger partial charge >= 0.3 is 0 Å². The summed E-state index contributed by atoms with van der Waals surface area (Å²) in [6.45, 7) is 5.48. The number of carbonyl (C=O) groups excluding carboxylic acids is 1. The smallest absolute Gasteiger partial charge is 0.106 e. The highest BCUT2D eigenvalue weighted by Crippen LogP contribution is 2.15. The summed E-state index contributed by atoms with van der Waals surface area (Å²) in [5.74, 6) is 0. The molecular weight excluding hydrogens is 1110 g/mol. The van der Waals surface area contributed by atoms with E-state index < -0.39 is 0 Å². The van der Waals surface area contributed by atoms with E-state index in [1.54, 1.807) is 60.7 Å². The van der Waals surface area contributed by atoms with Gasteiger partial charge in [-0.15, -0.1) is 0 Å². The second kappa shape index (κ2) is 42.0. The normalized spacial score (nSPS) is 8.72. The Labute approximate surface area is 419 Å². The van der Waals surface area contributed by atoms with Crippen LogP contribution in [0.2, 0.25) is 0 Å². The molecule has 0 amide bonds. The second-order valence-corrected chi connectivity index (χ2v) is 15.3. The minimum Gasteiger partial charge on any atom is -0.399 e. The van der Waals surface area contributed by atoms with Crippen molar-refractivity contribution in [2.75, 3.05) is 100 Å². The standard InChI is InChI=1S/C10H11IN2.C10H12N2O.C9H9IN2.C9H10N2O.C7H6N2.C2H5BrO.CH2O/c1-13(6-5-11)10-4-2-3-9(7-10)8-12;1-12(5-6-13)10-4-2-3-9(7-10)8-11;10-4-5-12-9-3-1-2-8(6-9)7-11;10-7-8-2-1-3-9(6-8)11-4-5-12;8-5-6-2-1-3-7(9)4-6;3-1-2-4;1-2/h2-4,7H,5-6H2,1H3;2-4,7,13H,5-6H2,1H3;1-3,6,12H,4-5H2;1-3,6,11-12H,4-5H2;1-4H,9H2;4H,1-2H2;1H2. The number of nitrogens with two attached hydrogens (primary N) is 1. The van der Waals surface area contributed by atoms with Crippen LogP contribution >= 0.6 is 61.1 Å². The van der Waals surface area contributed by atoms with Crippen LogP contribution in [0.3, 0.4) is 0 Å². The molecule has 0 aliphatic heterocycles. The number of nitrogens with one attached hydrogen (secondary N) is 2. The van der Waals surface area contributed by atoms with Crippen LogP contribution in [0.5, 0.6) is 0 Å². The first-order valence-corrected chi connectivity index (χ1v) is 23.7. The number of anilines is 5. The van der Waals surface area contributed by atoms with Crippen molar-refractivity contribution in [1.82, 2.24) is 0 Å². The van der Waals surface area contributed by atoms with Gasteiger partial charge < -0.3 is 46.3 Å². The van der Waals surface area contributed by atoms with Crippen molar-refractivity contribution < 1.29 is 20.1 Å². The van der Waals surface area contributed by atoms with E-state index in [1.807, 2.05) is 98.6 Å². The van der Waals surface area contributed by atoms with E-state index in [-0.39, 0.29) is 19.8 Å². The number of aliphatic hydroxyl groups excluding tert-OH is 3. The van der Waals surface area contributed by atoms with E-state index in [1.165, 1.54) is 0 Å². The zero-order valence-electron chi connectivity index (χ0n) is 36.4. The fourth-order valence-electron chi connectivity index (χ4n) is 4.56. The maximum absolute atomic E-state index is 8.72. The number of halogens is 3. The molecule has 0 aliphatic carbocycles. The number of nitrogens with zero attached hydrogens (tertiary/aromatic N) is 7. The maximum Gasteiger partial charge on any atom is 0.106 e. The van der Waals surface area contributed by atoms with Crippen LogP contribution < -0.4 is 26.2 Å². The third-order valence-electron chi connectivity index (χ3n) is 7.64. The van der Waals surface area contributed by atoms with Crippen molar-refractivity contribution in [3.8, 4) is 30.3 Å². The van der Waals surface area contributed by atoms with Crippen LogP contribution in [-0.2, 0) is 4.79 Å². The number of rotatable bonds is 13. The molecule has 65 heavy (non-hydrogen) atoms. The number of likely N-dealkylation sites (N-methyl/N-ethyl adjacent to an activating group) is 1. The number of aliphatic hydroxyl groups is 3. The summed E-state index contributed by atoms with van der Waals surface area (Å²) >= 11 is 7.64. The minimum absolute atomic E-state index is 0.0940. The molecule has 0 bridgehead atoms. The zero-order chi connectivity index (χ0) is 49.1. The second-order valence-electron chi connectivity index (χ2n) is 12.4. The molecule has 5 aromatic rings. The molecule has 5 rings (SSSR count). The highest BCUT2D eigenvalue weighted by atomic mass is 127. The molecule has 0 unspecified atom stereocenters. The van der Waals surface area contributed by atoms with Crippen LogP contribution in [0.1, 0.15) is 27.8 Å². The van der Waals surface area contributed by atoms with E-state index in [4.69, 9.17) is 52.2 Å². The molecule has 0 saturated heterocycles. The minimum atomic E-state index is 0.0940. The average Bonchev–Trinajstić information content (AvgIpc) is 3.36. The predicted molar refractivity (Wildman–Crippen MR) is 284 cm³/mol. The summed E-state index contributed by atoms with van der Waals surface area (Å²) < 4.78 is 2.15. The van der Waals surface area contributed by atoms with Crippen LogP contribution in [0, 0.1) is 56.7 Å². The summed E-state index contributed by atoms with van der Waals surface area (Å²) in [5.41, 5.74) is 13.3. The largest absolute Gasteiger partial charge is 0.399 e. The van der Waals surface area contributed by atoms with Gasteiger partial charge in [-0.1, -0.05) is 91.4 Å². The highest BCUT2D eigenvalue weighted by Gasteiger charge is 2.01. The van der Waals surface area contributed by atoms with Gasteiger partial charge in [0.15, 0.2) is 0 Å². The predicted octanol–water partition coefficient (Wildman–Crippen LogP) is 8.11. The van der Waals surface area contributed by atoms with Gasteiger partial charge in [0.1, 0.15) is 6.79 Å². The Kier molecular flexibility index (Phi) is 39.5. The topological polar surface area (TPSA) is 253 Å². The fraction of sp³-hybridized carbons (Fsp3) is 0.250. The molecule has 7 N–H and O–H groups in total. The molecular formula is C48H55BrI2N10O4. The first kappa shape index (κ1) is 61.1. The Balaban J connectivity index is 0. The lowest BCUT2D eigenvalue weighted by atomic mass is 10.2. The average molecular weight is 1170 g/mol. The zero-order valence-corrected chi connectivity index (χ0v) is 42.3. The summed E-state index contributed by atoms with van der Waals surface area (Å²) in [6.07, 6.45) is 0. The van der Waals surface area contributed by atoms with E-state index in [2.05, 4.69) is 94.9 Å². The van der Waals surface area contributed by atoms with Crippen LogP contribution in [0.4, 0.5) is 28.4 Å². The van der Waals surface area contributed by atoms with Crippen molar-refractivity contribution in [2.45, 2.75) is 0 Å². The number of alkyl halides is 3. The lowest BCUT2D eigenvalue weighted by Gasteiger charge is -2.17. The summed E-state index contributed by atoms with van der Waals surface area (Å²) in [4.78, 5) is 12.0. The molecule has 14 nitrogen and oxygen atoms in total. The van der Waals surface area contributed by atoms with E-state index >= 15 is 0 Å².